The summed E-state index contributed by atoms with van der Waals surface area (Å²) >= 11 is 0. The van der Waals surface area contributed by atoms with Crippen molar-refractivity contribution in [3.8, 4) is 0 Å². The minimum Gasteiger partial charge on any atom is -0.0801 e. The quantitative estimate of drug-likeness (QED) is 0.488. The van der Waals surface area contributed by atoms with Crippen LogP contribution in [0, 0.1) is 0 Å². The fraction of sp³-hybridized carbons (Fsp3) is 0.0769. The van der Waals surface area contributed by atoms with E-state index in [1.165, 1.54) is 43.1 Å². The minimum absolute atomic E-state index is 1.04. The van der Waals surface area contributed by atoms with Crippen molar-refractivity contribution in [1.29, 1.82) is 0 Å². The smallest absolute Gasteiger partial charge is 0.0105 e. The lowest BCUT2D eigenvalue weighted by Gasteiger charge is -2.07. The van der Waals surface area contributed by atoms with Gasteiger partial charge in [0.25, 0.3) is 0 Å². The van der Waals surface area contributed by atoms with Crippen molar-refractivity contribution in [2.24, 2.45) is 0 Å². The van der Waals surface area contributed by atoms with Crippen molar-refractivity contribution in [3.63, 3.8) is 0 Å². The molecule has 26 heavy (non-hydrogen) atoms. The van der Waals surface area contributed by atoms with Gasteiger partial charge in [0.1, 0.15) is 0 Å². The van der Waals surface area contributed by atoms with Crippen LogP contribution in [0.4, 0.5) is 0 Å². The van der Waals surface area contributed by atoms with E-state index in [1.807, 2.05) is 0 Å². The average molecular weight is 332 g/mol. The van der Waals surface area contributed by atoms with Crippen LogP contribution in [-0.4, -0.2) is 0 Å². The predicted octanol–water partition coefficient (Wildman–Crippen LogP) is 5.33. The zero-order chi connectivity index (χ0) is 17.3. The van der Waals surface area contributed by atoms with Gasteiger partial charge < -0.3 is 0 Å². The van der Waals surface area contributed by atoms with Crippen LogP contribution < -0.4 is 10.4 Å². The van der Waals surface area contributed by atoms with Crippen LogP contribution in [0.2, 0.25) is 0 Å². The largest absolute Gasteiger partial charge is 0.0801 e. The fourth-order valence-corrected chi connectivity index (χ4v) is 3.86. The Morgan fingerprint density at radius 2 is 0.885 bits per heavy atom. The number of fused-ring (bicyclic) bond motifs is 3. The van der Waals surface area contributed by atoms with E-state index in [2.05, 4.69) is 97.1 Å². The first-order valence-electron chi connectivity index (χ1n) is 9.26. The van der Waals surface area contributed by atoms with Crippen molar-refractivity contribution < 1.29 is 0 Å². The lowest BCUT2D eigenvalue weighted by Crippen LogP contribution is -2.05. The van der Waals surface area contributed by atoms with E-state index >= 15 is 0 Å². The molecule has 0 amide bonds. The summed E-state index contributed by atoms with van der Waals surface area (Å²) in [6.07, 6.45) is 19.8. The molecule has 5 rings (SSSR count). The number of hydrogen-bond donors (Lipinski definition) is 0. The molecule has 0 heteroatoms. The molecule has 0 saturated heterocycles. The Morgan fingerprint density at radius 1 is 0.462 bits per heavy atom. The maximum Gasteiger partial charge on any atom is -0.0105 e. The molecular formula is C26H20. The molecule has 0 spiro atoms. The zero-order valence-corrected chi connectivity index (χ0v) is 14.7. The highest BCUT2D eigenvalue weighted by atomic mass is 14.1. The summed E-state index contributed by atoms with van der Waals surface area (Å²) in [6, 6.07) is 18.1. The molecular weight excluding hydrogens is 312 g/mol. The van der Waals surface area contributed by atoms with Gasteiger partial charge in [-0.3, -0.25) is 0 Å². The maximum absolute atomic E-state index is 2.30. The van der Waals surface area contributed by atoms with Crippen molar-refractivity contribution in [3.05, 3.63) is 108 Å². The number of hydrogen-bond acceptors (Lipinski definition) is 0. The molecule has 0 aliphatic heterocycles. The summed E-state index contributed by atoms with van der Waals surface area (Å²) in [4.78, 5) is 0. The molecule has 2 aliphatic carbocycles. The van der Waals surface area contributed by atoms with Gasteiger partial charge in [-0.25, -0.2) is 0 Å². The van der Waals surface area contributed by atoms with Crippen molar-refractivity contribution >= 4 is 32.7 Å². The molecule has 3 aromatic rings. The molecule has 124 valence electrons. The number of allylic oxidation sites excluding steroid dienone is 8. The summed E-state index contributed by atoms with van der Waals surface area (Å²) in [6.45, 7) is 0. The van der Waals surface area contributed by atoms with E-state index in [0.717, 1.165) is 12.8 Å². The van der Waals surface area contributed by atoms with E-state index in [9.17, 15) is 0 Å². The molecule has 0 atom stereocenters. The summed E-state index contributed by atoms with van der Waals surface area (Å²) in [5.41, 5.74) is 2.58. The van der Waals surface area contributed by atoms with Crippen molar-refractivity contribution in [1.82, 2.24) is 0 Å². The summed E-state index contributed by atoms with van der Waals surface area (Å²) in [5, 5.41) is 7.81. The van der Waals surface area contributed by atoms with Gasteiger partial charge in [-0.15, -0.1) is 0 Å². The summed E-state index contributed by atoms with van der Waals surface area (Å²) in [7, 11) is 0. The highest BCUT2D eigenvalue weighted by Crippen LogP contribution is 2.24. The van der Waals surface area contributed by atoms with E-state index in [4.69, 9.17) is 0 Å². The zero-order valence-electron chi connectivity index (χ0n) is 14.7. The number of rotatable bonds is 0. The summed E-state index contributed by atoms with van der Waals surface area (Å²) < 4.78 is 0. The SMILES string of the molecule is C1=CC(=c2ccc3c(ccc4cc(=C5C=CCC=C5)ccc43)c2)C=CC1. The molecule has 2 aliphatic rings. The van der Waals surface area contributed by atoms with Crippen LogP contribution in [0.25, 0.3) is 32.7 Å². The van der Waals surface area contributed by atoms with Crippen LogP contribution in [0.1, 0.15) is 12.8 Å². The van der Waals surface area contributed by atoms with Gasteiger partial charge in [-0.2, -0.15) is 0 Å². The standard InChI is InChI=1S/C26H20/c1-3-7-19(8-4-1)21-13-15-25-23(17-21)11-12-24-18-22(14-16-26(24)25)20-9-5-2-6-10-20/h3-18H,1-2H2. The third kappa shape index (κ3) is 2.64. The van der Waals surface area contributed by atoms with E-state index in [1.54, 1.807) is 0 Å². The van der Waals surface area contributed by atoms with Crippen LogP contribution in [0.5, 0.6) is 0 Å². The molecule has 0 nitrogen and oxygen atoms in total. The Kier molecular flexibility index (Phi) is 3.68. The van der Waals surface area contributed by atoms with Gasteiger partial charge in [-0.05, 0) is 68.1 Å². The van der Waals surface area contributed by atoms with Crippen molar-refractivity contribution in [2.45, 2.75) is 12.8 Å². The molecule has 0 unspecified atom stereocenters. The molecule has 0 saturated carbocycles. The number of benzene rings is 3. The van der Waals surface area contributed by atoms with Crippen LogP contribution in [0.3, 0.4) is 0 Å². The third-order valence-electron chi connectivity index (χ3n) is 5.24. The third-order valence-corrected chi connectivity index (χ3v) is 5.24. The van der Waals surface area contributed by atoms with Crippen LogP contribution >= 0.6 is 0 Å². The van der Waals surface area contributed by atoms with Crippen molar-refractivity contribution in [2.75, 3.05) is 0 Å². The first-order valence-corrected chi connectivity index (χ1v) is 9.26. The Morgan fingerprint density at radius 3 is 1.31 bits per heavy atom. The Balaban J connectivity index is 1.74. The monoisotopic (exact) mass is 332 g/mol. The second-order valence-corrected chi connectivity index (χ2v) is 6.93. The summed E-state index contributed by atoms with van der Waals surface area (Å²) in [5.74, 6) is 0. The van der Waals surface area contributed by atoms with Crippen LogP contribution in [-0.2, 0) is 0 Å². The highest BCUT2D eigenvalue weighted by Gasteiger charge is 2.03. The van der Waals surface area contributed by atoms with E-state index in [0.29, 0.717) is 0 Å². The maximum atomic E-state index is 2.30. The van der Waals surface area contributed by atoms with E-state index < -0.39 is 0 Å². The molecule has 0 radical (unpaired) electrons. The second-order valence-electron chi connectivity index (χ2n) is 6.93. The van der Waals surface area contributed by atoms with Gasteiger partial charge in [0.15, 0.2) is 0 Å². The predicted molar refractivity (Wildman–Crippen MR) is 113 cm³/mol. The van der Waals surface area contributed by atoms with Crippen LogP contribution in [0.15, 0.2) is 97.1 Å². The van der Waals surface area contributed by atoms with Gasteiger partial charge in [0.2, 0.25) is 0 Å². The molecule has 0 bridgehead atoms. The average Bonchev–Trinajstić information content (AvgIpc) is 2.74. The lowest BCUT2D eigenvalue weighted by atomic mass is 9.97. The Labute approximate surface area is 153 Å². The fourth-order valence-electron chi connectivity index (χ4n) is 3.86. The van der Waals surface area contributed by atoms with Gasteiger partial charge in [0, 0.05) is 0 Å². The van der Waals surface area contributed by atoms with E-state index in [-0.39, 0.29) is 0 Å². The molecule has 0 aromatic heterocycles. The molecule has 0 fully saturated rings. The molecule has 3 aromatic carbocycles. The Hall–Kier alpha value is -3.12. The Bertz CT molecular complexity index is 1130. The minimum atomic E-state index is 1.04. The lowest BCUT2D eigenvalue weighted by molar-refractivity contribution is 1.37. The normalized spacial score (nSPS) is 16.2. The molecule has 0 heterocycles. The topological polar surface area (TPSA) is 0 Å². The van der Waals surface area contributed by atoms with Gasteiger partial charge >= 0.3 is 0 Å². The van der Waals surface area contributed by atoms with Gasteiger partial charge in [-0.1, -0.05) is 85.0 Å². The first-order chi connectivity index (χ1) is 12.9. The molecule has 0 N–H and O–H groups in total. The highest BCUT2D eigenvalue weighted by molar-refractivity contribution is 6.07. The van der Waals surface area contributed by atoms with Gasteiger partial charge in [0.05, 0.1) is 0 Å². The second kappa shape index (κ2) is 6.31. The first kappa shape index (κ1) is 15.2.